The second-order valence-corrected chi connectivity index (χ2v) is 5.26. The third-order valence-electron chi connectivity index (χ3n) is 2.85. The Morgan fingerprint density at radius 2 is 2.26 bits per heavy atom. The zero-order chi connectivity index (χ0) is 13.4. The zero-order valence-electron chi connectivity index (χ0n) is 9.78. The molecule has 98 valence electrons. The lowest BCUT2D eigenvalue weighted by atomic mass is 10.3. The molecule has 1 saturated carbocycles. The Balaban J connectivity index is 1.74. The number of benzene rings is 1. The van der Waals surface area contributed by atoms with Crippen molar-refractivity contribution in [3.05, 3.63) is 40.1 Å². The SMILES string of the molecule is O=C(Nc1ccc(Br)c(F)c1)c1n[nH]c(C2CC2)n1. The fraction of sp³-hybridized carbons (Fsp3) is 0.250. The van der Waals surface area contributed by atoms with Crippen LogP contribution in [-0.2, 0) is 0 Å². The molecule has 0 atom stereocenters. The summed E-state index contributed by atoms with van der Waals surface area (Å²) in [5, 5.41) is 9.17. The smallest absolute Gasteiger partial charge is 0.295 e. The molecule has 1 heterocycles. The van der Waals surface area contributed by atoms with Crippen molar-refractivity contribution >= 4 is 27.5 Å². The van der Waals surface area contributed by atoms with E-state index < -0.39 is 11.7 Å². The van der Waals surface area contributed by atoms with Crippen LogP contribution in [-0.4, -0.2) is 21.1 Å². The number of hydrogen-bond donors (Lipinski definition) is 2. The lowest BCUT2D eigenvalue weighted by Crippen LogP contribution is -2.14. The Kier molecular flexibility index (Phi) is 3.06. The number of rotatable bonds is 3. The molecule has 5 nitrogen and oxygen atoms in total. The van der Waals surface area contributed by atoms with E-state index in [1.165, 1.54) is 12.1 Å². The van der Waals surface area contributed by atoms with Crippen molar-refractivity contribution in [1.29, 1.82) is 0 Å². The van der Waals surface area contributed by atoms with Crippen LogP contribution < -0.4 is 5.32 Å². The van der Waals surface area contributed by atoms with Gasteiger partial charge in [-0.3, -0.25) is 9.89 Å². The first-order chi connectivity index (χ1) is 9.13. The summed E-state index contributed by atoms with van der Waals surface area (Å²) < 4.78 is 13.7. The van der Waals surface area contributed by atoms with Crippen molar-refractivity contribution in [1.82, 2.24) is 15.2 Å². The van der Waals surface area contributed by atoms with Gasteiger partial charge in [0.15, 0.2) is 0 Å². The predicted molar refractivity (Wildman–Crippen MR) is 70.4 cm³/mol. The number of hydrogen-bond acceptors (Lipinski definition) is 3. The predicted octanol–water partition coefficient (Wildman–Crippen LogP) is 2.84. The van der Waals surface area contributed by atoms with Crippen LogP contribution in [0, 0.1) is 5.82 Å². The van der Waals surface area contributed by atoms with Crippen LogP contribution in [0.15, 0.2) is 22.7 Å². The van der Waals surface area contributed by atoms with E-state index in [0.29, 0.717) is 16.1 Å². The van der Waals surface area contributed by atoms with Gasteiger partial charge in [-0.1, -0.05) is 0 Å². The number of halogens is 2. The first-order valence-corrected chi connectivity index (χ1v) is 6.61. The molecule has 0 bridgehead atoms. The van der Waals surface area contributed by atoms with Crippen LogP contribution in [0.3, 0.4) is 0 Å². The second-order valence-electron chi connectivity index (χ2n) is 4.40. The van der Waals surface area contributed by atoms with Crippen molar-refractivity contribution in [2.45, 2.75) is 18.8 Å². The van der Waals surface area contributed by atoms with E-state index in [2.05, 4.69) is 36.4 Å². The lowest BCUT2D eigenvalue weighted by molar-refractivity contribution is 0.101. The van der Waals surface area contributed by atoms with Crippen molar-refractivity contribution < 1.29 is 9.18 Å². The maximum absolute atomic E-state index is 13.3. The van der Waals surface area contributed by atoms with Crippen molar-refractivity contribution in [2.24, 2.45) is 0 Å². The Morgan fingerprint density at radius 3 is 2.95 bits per heavy atom. The second kappa shape index (κ2) is 4.73. The fourth-order valence-corrected chi connectivity index (χ4v) is 1.92. The van der Waals surface area contributed by atoms with Crippen molar-refractivity contribution in [3.63, 3.8) is 0 Å². The highest BCUT2D eigenvalue weighted by Crippen LogP contribution is 2.37. The molecule has 0 saturated heterocycles. The highest BCUT2D eigenvalue weighted by Gasteiger charge is 2.28. The molecule has 0 radical (unpaired) electrons. The molecule has 19 heavy (non-hydrogen) atoms. The van der Waals surface area contributed by atoms with Crippen LogP contribution >= 0.6 is 15.9 Å². The number of nitrogens with one attached hydrogen (secondary N) is 2. The largest absolute Gasteiger partial charge is 0.319 e. The molecule has 3 rings (SSSR count). The van der Waals surface area contributed by atoms with Gasteiger partial charge in [0, 0.05) is 11.6 Å². The highest BCUT2D eigenvalue weighted by molar-refractivity contribution is 9.10. The van der Waals surface area contributed by atoms with Gasteiger partial charge in [-0.05, 0) is 47.0 Å². The van der Waals surface area contributed by atoms with Crippen LogP contribution in [0.25, 0.3) is 0 Å². The molecule has 0 spiro atoms. The van der Waals surface area contributed by atoms with Crippen LogP contribution in [0.1, 0.15) is 35.2 Å². The molecule has 1 aliphatic carbocycles. The minimum atomic E-state index is -0.454. The monoisotopic (exact) mass is 324 g/mol. The highest BCUT2D eigenvalue weighted by atomic mass is 79.9. The van der Waals surface area contributed by atoms with E-state index in [4.69, 9.17) is 0 Å². The molecule has 7 heteroatoms. The Bertz CT molecular complexity index is 638. The van der Waals surface area contributed by atoms with Gasteiger partial charge in [0.1, 0.15) is 11.6 Å². The molecule has 1 amide bonds. The van der Waals surface area contributed by atoms with Crippen LogP contribution in [0.5, 0.6) is 0 Å². The third kappa shape index (κ3) is 2.65. The Morgan fingerprint density at radius 1 is 1.47 bits per heavy atom. The van der Waals surface area contributed by atoms with Gasteiger partial charge in [0.05, 0.1) is 4.47 Å². The van der Waals surface area contributed by atoms with E-state index in [0.717, 1.165) is 18.7 Å². The summed E-state index contributed by atoms with van der Waals surface area (Å²) in [5.41, 5.74) is 0.364. The van der Waals surface area contributed by atoms with E-state index >= 15 is 0 Å². The van der Waals surface area contributed by atoms with Gasteiger partial charge >= 0.3 is 0 Å². The Hall–Kier alpha value is -1.76. The summed E-state index contributed by atoms with van der Waals surface area (Å²) in [5.74, 6) is 0.327. The number of anilines is 1. The quantitative estimate of drug-likeness (QED) is 0.912. The van der Waals surface area contributed by atoms with E-state index in [-0.39, 0.29) is 5.82 Å². The minimum Gasteiger partial charge on any atom is -0.319 e. The fourth-order valence-electron chi connectivity index (χ4n) is 1.68. The number of carbonyl (C=O) groups excluding carboxylic acids is 1. The first-order valence-electron chi connectivity index (χ1n) is 5.82. The van der Waals surface area contributed by atoms with Gasteiger partial charge in [0.25, 0.3) is 5.91 Å². The minimum absolute atomic E-state index is 0.0743. The first kappa shape index (κ1) is 12.3. The van der Waals surface area contributed by atoms with Gasteiger partial charge < -0.3 is 5.32 Å². The number of aromatic amines is 1. The molecule has 2 N–H and O–H groups in total. The maximum Gasteiger partial charge on any atom is 0.295 e. The molecule has 1 fully saturated rings. The number of carbonyl (C=O) groups is 1. The molecular weight excluding hydrogens is 315 g/mol. The van der Waals surface area contributed by atoms with Crippen molar-refractivity contribution in [3.8, 4) is 0 Å². The van der Waals surface area contributed by atoms with Gasteiger partial charge in [0.2, 0.25) is 5.82 Å². The molecule has 1 aromatic carbocycles. The standard InChI is InChI=1S/C12H10BrFN4O/c13-8-4-3-7(5-9(8)14)15-12(19)11-16-10(17-18-11)6-1-2-6/h3-6H,1-2H2,(H,15,19)(H,16,17,18). The maximum atomic E-state index is 13.3. The average Bonchev–Trinajstić information content (AvgIpc) is 3.11. The summed E-state index contributed by atoms with van der Waals surface area (Å²) in [6, 6.07) is 4.36. The van der Waals surface area contributed by atoms with Crippen LogP contribution in [0.2, 0.25) is 0 Å². The molecule has 0 unspecified atom stereocenters. The van der Waals surface area contributed by atoms with Gasteiger partial charge in [-0.25, -0.2) is 9.37 Å². The number of aromatic nitrogens is 3. The summed E-state index contributed by atoms with van der Waals surface area (Å²) in [6.07, 6.45) is 2.16. The Labute approximate surface area is 116 Å². The molecule has 2 aromatic rings. The molecule has 1 aliphatic rings. The van der Waals surface area contributed by atoms with Crippen molar-refractivity contribution in [2.75, 3.05) is 5.32 Å². The summed E-state index contributed by atoms with van der Waals surface area (Å²) >= 11 is 3.05. The molecule has 0 aliphatic heterocycles. The van der Waals surface area contributed by atoms with Gasteiger partial charge in [-0.15, -0.1) is 5.10 Å². The average molecular weight is 325 g/mol. The van der Waals surface area contributed by atoms with E-state index in [1.54, 1.807) is 6.07 Å². The topological polar surface area (TPSA) is 70.7 Å². The number of nitrogens with zero attached hydrogens (tertiary/aromatic N) is 2. The van der Waals surface area contributed by atoms with Crippen LogP contribution in [0.4, 0.5) is 10.1 Å². The lowest BCUT2D eigenvalue weighted by Gasteiger charge is -2.03. The van der Waals surface area contributed by atoms with Gasteiger partial charge in [-0.2, -0.15) is 0 Å². The zero-order valence-corrected chi connectivity index (χ0v) is 11.4. The summed E-state index contributed by atoms with van der Waals surface area (Å²) in [7, 11) is 0. The third-order valence-corrected chi connectivity index (χ3v) is 3.49. The van der Waals surface area contributed by atoms with E-state index in [9.17, 15) is 9.18 Å². The summed E-state index contributed by atoms with van der Waals surface area (Å²) in [4.78, 5) is 16.0. The molecule has 1 aromatic heterocycles. The molecular formula is C12H10BrFN4O. The van der Waals surface area contributed by atoms with E-state index in [1.807, 2.05) is 0 Å². The summed E-state index contributed by atoms with van der Waals surface area (Å²) in [6.45, 7) is 0. The normalized spacial score (nSPS) is 14.4. The number of H-pyrrole nitrogens is 1. The number of amides is 1.